The Hall–Kier alpha value is -0.300. The summed E-state index contributed by atoms with van der Waals surface area (Å²) in [6.45, 7) is 12.8. The van der Waals surface area contributed by atoms with Gasteiger partial charge in [-0.15, -0.1) is 0 Å². The van der Waals surface area contributed by atoms with Crippen molar-refractivity contribution in [3.8, 4) is 0 Å². The predicted octanol–water partition coefficient (Wildman–Crippen LogP) is 7.24. The summed E-state index contributed by atoms with van der Waals surface area (Å²) in [5.41, 5.74) is 2.61. The second-order valence-corrected chi connectivity index (χ2v) is 13.0. The molecule has 5 aliphatic carbocycles. The number of rotatable bonds is 4. The van der Waals surface area contributed by atoms with E-state index in [1.54, 1.807) is 5.57 Å². The molecule has 4 fully saturated rings. The fourth-order valence-electron chi connectivity index (χ4n) is 9.62. The van der Waals surface area contributed by atoms with Gasteiger partial charge < -0.3 is 5.11 Å². The number of hydrogen-bond acceptors (Lipinski definition) is 1. The van der Waals surface area contributed by atoms with Crippen LogP contribution in [0, 0.1) is 58.2 Å². The zero-order chi connectivity index (χ0) is 20.6. The normalized spacial score (nSPS) is 52.4. The van der Waals surface area contributed by atoms with Crippen molar-refractivity contribution in [2.75, 3.05) is 0 Å². The third-order valence-electron chi connectivity index (χ3n) is 11.3. The average molecular weight is 399 g/mol. The van der Waals surface area contributed by atoms with Crippen molar-refractivity contribution in [3.63, 3.8) is 0 Å². The van der Waals surface area contributed by atoms with Crippen LogP contribution in [0.15, 0.2) is 11.6 Å². The highest BCUT2D eigenvalue weighted by Gasteiger charge is 2.59. The van der Waals surface area contributed by atoms with E-state index in [1.165, 1.54) is 51.4 Å². The molecule has 0 unspecified atom stereocenters. The molecular weight excluding hydrogens is 352 g/mol. The number of hydrogen-bond donors (Lipinski definition) is 1. The monoisotopic (exact) mass is 398 g/mol. The zero-order valence-electron chi connectivity index (χ0n) is 19.8. The first kappa shape index (κ1) is 20.6. The van der Waals surface area contributed by atoms with Gasteiger partial charge in [0.15, 0.2) is 0 Å². The van der Waals surface area contributed by atoms with E-state index in [0.29, 0.717) is 10.8 Å². The third-order valence-corrected chi connectivity index (χ3v) is 11.3. The molecule has 0 aromatic rings. The predicted molar refractivity (Wildman–Crippen MR) is 121 cm³/mol. The van der Waals surface area contributed by atoms with Crippen molar-refractivity contribution in [1.29, 1.82) is 0 Å². The van der Waals surface area contributed by atoms with Gasteiger partial charge in [0.1, 0.15) is 0 Å². The van der Waals surface area contributed by atoms with Gasteiger partial charge in [-0.05, 0) is 122 Å². The number of aliphatic hydroxyl groups is 1. The van der Waals surface area contributed by atoms with Gasteiger partial charge in [0.2, 0.25) is 0 Å². The number of aliphatic hydroxyl groups excluding tert-OH is 1. The van der Waals surface area contributed by atoms with Crippen LogP contribution < -0.4 is 0 Å². The Morgan fingerprint density at radius 2 is 1.83 bits per heavy atom. The first-order valence-electron chi connectivity index (χ1n) is 13.1. The van der Waals surface area contributed by atoms with Gasteiger partial charge in [-0.1, -0.05) is 46.3 Å². The van der Waals surface area contributed by atoms with Crippen molar-refractivity contribution in [2.45, 2.75) is 105 Å². The molecule has 0 spiro atoms. The highest BCUT2D eigenvalue weighted by atomic mass is 16.3. The second kappa shape index (κ2) is 7.11. The van der Waals surface area contributed by atoms with E-state index in [2.05, 4.69) is 40.7 Å². The van der Waals surface area contributed by atoms with Crippen LogP contribution in [0.5, 0.6) is 0 Å². The topological polar surface area (TPSA) is 20.2 Å². The van der Waals surface area contributed by atoms with E-state index < -0.39 is 0 Å². The van der Waals surface area contributed by atoms with Crippen molar-refractivity contribution < 1.29 is 5.11 Å². The molecule has 1 nitrogen and oxygen atoms in total. The van der Waals surface area contributed by atoms with Crippen LogP contribution in [-0.2, 0) is 0 Å². The van der Waals surface area contributed by atoms with Crippen LogP contribution in [0.4, 0.5) is 0 Å². The quantitative estimate of drug-likeness (QED) is 0.495. The van der Waals surface area contributed by atoms with Gasteiger partial charge >= 0.3 is 0 Å². The minimum absolute atomic E-state index is 0.0754. The van der Waals surface area contributed by atoms with E-state index >= 15 is 0 Å². The summed E-state index contributed by atoms with van der Waals surface area (Å²) in [6, 6.07) is 0. The average Bonchev–Trinajstić information content (AvgIpc) is 3.34. The van der Waals surface area contributed by atoms with Crippen molar-refractivity contribution in [3.05, 3.63) is 11.6 Å². The maximum atomic E-state index is 10.2. The van der Waals surface area contributed by atoms with Crippen LogP contribution in [0.1, 0.15) is 98.8 Å². The first-order chi connectivity index (χ1) is 13.7. The molecular formula is C28H46O. The molecule has 1 N–H and O–H groups in total. The second-order valence-electron chi connectivity index (χ2n) is 13.0. The molecule has 0 radical (unpaired) electrons. The summed E-state index contributed by atoms with van der Waals surface area (Å²) >= 11 is 0. The molecule has 164 valence electrons. The molecule has 5 rings (SSSR count). The van der Waals surface area contributed by atoms with E-state index in [1.807, 2.05) is 0 Å². The SMILES string of the molecule is CC(C)[C@H]1C[C@@H]1C[C@@H](C)[C@H]1CC[C@H]2[C@@H]3CC=C4C[C@@H](O)CC[C@]4(C)[C@H]3CC[C@]12C. The number of allylic oxidation sites excluding steroid dienone is 1. The lowest BCUT2D eigenvalue weighted by Crippen LogP contribution is -2.50. The summed E-state index contributed by atoms with van der Waals surface area (Å²) in [4.78, 5) is 0. The Morgan fingerprint density at radius 3 is 2.55 bits per heavy atom. The van der Waals surface area contributed by atoms with Gasteiger partial charge in [0, 0.05) is 0 Å². The molecule has 0 heterocycles. The molecule has 0 aromatic carbocycles. The van der Waals surface area contributed by atoms with Crippen LogP contribution >= 0.6 is 0 Å². The molecule has 10 atom stereocenters. The lowest BCUT2D eigenvalue weighted by atomic mass is 9.47. The van der Waals surface area contributed by atoms with Crippen LogP contribution in [0.25, 0.3) is 0 Å². The first-order valence-corrected chi connectivity index (χ1v) is 13.1. The molecule has 29 heavy (non-hydrogen) atoms. The summed E-state index contributed by atoms with van der Waals surface area (Å²) in [7, 11) is 0. The number of fused-ring (bicyclic) bond motifs is 5. The Balaban J connectivity index is 1.32. The van der Waals surface area contributed by atoms with Gasteiger partial charge in [-0.25, -0.2) is 0 Å². The van der Waals surface area contributed by atoms with Crippen LogP contribution in [0.3, 0.4) is 0 Å². The highest BCUT2D eigenvalue weighted by Crippen LogP contribution is 2.67. The Bertz CT molecular complexity index is 663. The summed E-state index contributed by atoms with van der Waals surface area (Å²) in [5.74, 6) is 7.61. The van der Waals surface area contributed by atoms with Crippen LogP contribution in [0.2, 0.25) is 0 Å². The van der Waals surface area contributed by atoms with E-state index in [-0.39, 0.29) is 6.10 Å². The van der Waals surface area contributed by atoms with E-state index in [9.17, 15) is 5.11 Å². The van der Waals surface area contributed by atoms with Gasteiger partial charge in [-0.3, -0.25) is 0 Å². The molecule has 5 aliphatic rings. The molecule has 4 saturated carbocycles. The Morgan fingerprint density at radius 1 is 1.03 bits per heavy atom. The third kappa shape index (κ3) is 3.19. The Kier molecular flexibility index (Phi) is 5.05. The minimum atomic E-state index is -0.0754. The maximum Gasteiger partial charge on any atom is 0.0577 e. The lowest BCUT2D eigenvalue weighted by Gasteiger charge is -2.58. The Labute approximate surface area is 180 Å². The largest absolute Gasteiger partial charge is 0.393 e. The summed E-state index contributed by atoms with van der Waals surface area (Å²) < 4.78 is 0. The van der Waals surface area contributed by atoms with E-state index in [4.69, 9.17) is 0 Å². The van der Waals surface area contributed by atoms with Crippen molar-refractivity contribution in [1.82, 2.24) is 0 Å². The van der Waals surface area contributed by atoms with Crippen LogP contribution in [-0.4, -0.2) is 11.2 Å². The minimum Gasteiger partial charge on any atom is -0.393 e. The van der Waals surface area contributed by atoms with E-state index in [0.717, 1.165) is 60.2 Å². The summed E-state index contributed by atoms with van der Waals surface area (Å²) in [5, 5.41) is 10.2. The molecule has 0 amide bonds. The molecule has 1 heteroatoms. The highest BCUT2D eigenvalue weighted by molar-refractivity contribution is 5.25. The smallest absolute Gasteiger partial charge is 0.0577 e. The summed E-state index contributed by atoms with van der Waals surface area (Å²) in [6.07, 6.45) is 16.0. The fourth-order valence-corrected chi connectivity index (χ4v) is 9.62. The van der Waals surface area contributed by atoms with Gasteiger partial charge in [-0.2, -0.15) is 0 Å². The molecule has 0 saturated heterocycles. The zero-order valence-corrected chi connectivity index (χ0v) is 19.8. The molecule has 0 bridgehead atoms. The molecule has 0 aliphatic heterocycles. The van der Waals surface area contributed by atoms with Gasteiger partial charge in [0.25, 0.3) is 0 Å². The lowest BCUT2D eigenvalue weighted by molar-refractivity contribution is -0.0575. The molecule has 0 aromatic heterocycles. The van der Waals surface area contributed by atoms with Gasteiger partial charge in [0.05, 0.1) is 6.10 Å². The van der Waals surface area contributed by atoms with Crippen molar-refractivity contribution >= 4 is 0 Å². The standard InChI is InChI=1S/C28H46O/c1-17(2)23-15-19(23)14-18(3)24-8-9-25-22-7-6-20-16-21(29)10-12-27(20,4)26(22)11-13-28(24,25)5/h6,17-19,21-26,29H,7-16H2,1-5H3/t18-,19+,21+,22+,23-,24-,25+,26+,27+,28-/m1/s1. The fraction of sp³-hybridized carbons (Fsp3) is 0.929. The van der Waals surface area contributed by atoms with Crippen molar-refractivity contribution in [2.24, 2.45) is 58.2 Å². The maximum absolute atomic E-state index is 10.2.